The lowest BCUT2D eigenvalue weighted by molar-refractivity contribution is -0.171. The van der Waals surface area contributed by atoms with Gasteiger partial charge < -0.3 is 18.9 Å². The zero-order valence-corrected chi connectivity index (χ0v) is 20.2. The van der Waals surface area contributed by atoms with E-state index in [0.717, 1.165) is 30.4 Å². The lowest BCUT2D eigenvalue weighted by Crippen LogP contribution is -2.36. The maximum Gasteiger partial charge on any atom is 0.324 e. The van der Waals surface area contributed by atoms with Gasteiger partial charge in [-0.1, -0.05) is 26.0 Å². The number of carbonyl (C=O) groups excluding carboxylic acids is 2. The first-order valence-electron chi connectivity index (χ1n) is 10.6. The molecule has 30 heavy (non-hydrogen) atoms. The topological polar surface area (TPSA) is 71.1 Å². The molecule has 0 aromatic heterocycles. The van der Waals surface area contributed by atoms with Crippen molar-refractivity contribution in [3.05, 3.63) is 23.3 Å². The highest BCUT2D eigenvalue weighted by molar-refractivity contribution is 5.97. The standard InChI is InChI=1S/C24H40O6/c1-22(2,3)29-20(25)18(21(26)30-23(4,5)6)12-13-19-17(15-28-16-27-9)11-10-14-24(19,7)8/h12-13,18H,10-11,14-16H2,1-9H3/b13-12+. The number of carbonyl (C=O) groups is 2. The largest absolute Gasteiger partial charge is 0.459 e. The lowest BCUT2D eigenvalue weighted by atomic mass is 9.72. The molecule has 0 bridgehead atoms. The van der Waals surface area contributed by atoms with Gasteiger partial charge in [-0.3, -0.25) is 9.59 Å². The summed E-state index contributed by atoms with van der Waals surface area (Å²) in [5.74, 6) is -2.35. The van der Waals surface area contributed by atoms with Gasteiger partial charge in [0.25, 0.3) is 0 Å². The van der Waals surface area contributed by atoms with Crippen molar-refractivity contribution in [2.24, 2.45) is 11.3 Å². The van der Waals surface area contributed by atoms with Crippen LogP contribution in [-0.2, 0) is 28.5 Å². The third kappa shape index (κ3) is 9.00. The molecule has 0 saturated carbocycles. The van der Waals surface area contributed by atoms with Crippen LogP contribution in [0.3, 0.4) is 0 Å². The van der Waals surface area contributed by atoms with Crippen molar-refractivity contribution in [2.75, 3.05) is 20.5 Å². The molecule has 1 rings (SSSR count). The van der Waals surface area contributed by atoms with Gasteiger partial charge in [0.1, 0.15) is 18.0 Å². The monoisotopic (exact) mass is 424 g/mol. The minimum absolute atomic E-state index is 0.0903. The molecule has 0 aromatic carbocycles. The Morgan fingerprint density at radius 1 is 1.03 bits per heavy atom. The summed E-state index contributed by atoms with van der Waals surface area (Å²) in [5.41, 5.74) is 0.752. The maximum absolute atomic E-state index is 12.8. The Labute approximate surface area is 182 Å². The number of hydrogen-bond acceptors (Lipinski definition) is 6. The van der Waals surface area contributed by atoms with Crippen LogP contribution in [0.2, 0.25) is 0 Å². The molecule has 6 heteroatoms. The van der Waals surface area contributed by atoms with Gasteiger partial charge in [-0.05, 0) is 77.4 Å². The van der Waals surface area contributed by atoms with Crippen molar-refractivity contribution < 1.29 is 28.5 Å². The van der Waals surface area contributed by atoms with Crippen molar-refractivity contribution in [1.82, 2.24) is 0 Å². The summed E-state index contributed by atoms with van der Waals surface area (Å²) in [4.78, 5) is 25.6. The van der Waals surface area contributed by atoms with Crippen molar-refractivity contribution >= 4 is 11.9 Å². The Balaban J connectivity index is 3.24. The first-order valence-corrected chi connectivity index (χ1v) is 10.6. The molecule has 0 unspecified atom stereocenters. The smallest absolute Gasteiger partial charge is 0.324 e. The van der Waals surface area contributed by atoms with Crippen molar-refractivity contribution in [2.45, 2.75) is 85.9 Å². The lowest BCUT2D eigenvalue weighted by Gasteiger charge is -2.34. The second kappa shape index (κ2) is 10.6. The van der Waals surface area contributed by atoms with E-state index in [1.165, 1.54) is 0 Å². The molecule has 0 atom stereocenters. The van der Waals surface area contributed by atoms with Gasteiger partial charge >= 0.3 is 11.9 Å². The highest BCUT2D eigenvalue weighted by atomic mass is 16.7. The fraction of sp³-hybridized carbons (Fsp3) is 0.750. The Morgan fingerprint density at radius 3 is 2.03 bits per heavy atom. The van der Waals surface area contributed by atoms with Crippen LogP contribution in [0.15, 0.2) is 23.3 Å². The van der Waals surface area contributed by atoms with Gasteiger partial charge in [0, 0.05) is 7.11 Å². The second-order valence-corrected chi connectivity index (χ2v) is 10.4. The molecule has 0 saturated heterocycles. The summed E-state index contributed by atoms with van der Waals surface area (Å²) in [5, 5.41) is 0. The zero-order valence-electron chi connectivity index (χ0n) is 20.2. The van der Waals surface area contributed by atoms with Crippen LogP contribution in [0.25, 0.3) is 0 Å². The summed E-state index contributed by atoms with van der Waals surface area (Å²) < 4.78 is 21.5. The minimum atomic E-state index is -1.13. The molecule has 0 aliphatic heterocycles. The fourth-order valence-electron chi connectivity index (χ4n) is 3.41. The summed E-state index contributed by atoms with van der Waals surface area (Å²) in [6.45, 7) is 15.7. The number of rotatable bonds is 8. The molecular formula is C24H40O6. The van der Waals surface area contributed by atoms with Gasteiger partial charge in [-0.15, -0.1) is 0 Å². The molecule has 0 heterocycles. The van der Waals surface area contributed by atoms with E-state index in [-0.39, 0.29) is 12.2 Å². The van der Waals surface area contributed by atoms with Crippen LogP contribution < -0.4 is 0 Å². The summed E-state index contributed by atoms with van der Waals surface area (Å²) in [6.07, 6.45) is 6.49. The molecule has 172 valence electrons. The zero-order chi connectivity index (χ0) is 23.2. The van der Waals surface area contributed by atoms with Gasteiger partial charge in [-0.2, -0.15) is 0 Å². The van der Waals surface area contributed by atoms with Crippen LogP contribution in [0.1, 0.15) is 74.7 Å². The van der Waals surface area contributed by atoms with Gasteiger partial charge in [0.2, 0.25) is 0 Å². The first kappa shape index (κ1) is 26.4. The molecule has 0 radical (unpaired) electrons. The van der Waals surface area contributed by atoms with Crippen LogP contribution in [0, 0.1) is 11.3 Å². The first-order chi connectivity index (χ1) is 13.7. The van der Waals surface area contributed by atoms with Crippen molar-refractivity contribution in [1.29, 1.82) is 0 Å². The van der Waals surface area contributed by atoms with Crippen LogP contribution in [0.5, 0.6) is 0 Å². The van der Waals surface area contributed by atoms with Gasteiger partial charge in [0.15, 0.2) is 5.92 Å². The number of methoxy groups -OCH3 is 1. The number of hydrogen-bond donors (Lipinski definition) is 0. The molecule has 1 aliphatic carbocycles. The van der Waals surface area contributed by atoms with Crippen LogP contribution in [0.4, 0.5) is 0 Å². The fourth-order valence-corrected chi connectivity index (χ4v) is 3.41. The van der Waals surface area contributed by atoms with Gasteiger partial charge in [-0.25, -0.2) is 0 Å². The van der Waals surface area contributed by atoms with E-state index in [2.05, 4.69) is 13.8 Å². The van der Waals surface area contributed by atoms with E-state index in [0.29, 0.717) is 6.61 Å². The number of esters is 2. The molecule has 0 fully saturated rings. The molecule has 0 N–H and O–H groups in total. The molecule has 0 spiro atoms. The highest BCUT2D eigenvalue weighted by Gasteiger charge is 2.34. The van der Waals surface area contributed by atoms with E-state index in [9.17, 15) is 9.59 Å². The second-order valence-electron chi connectivity index (χ2n) is 10.4. The van der Waals surface area contributed by atoms with E-state index < -0.39 is 29.1 Å². The Morgan fingerprint density at radius 2 is 1.57 bits per heavy atom. The minimum Gasteiger partial charge on any atom is -0.459 e. The average Bonchev–Trinajstić information content (AvgIpc) is 2.53. The predicted octanol–water partition coefficient (Wildman–Crippen LogP) is 4.97. The quantitative estimate of drug-likeness (QED) is 0.237. The number of allylic oxidation sites excluding steroid dienone is 2. The van der Waals surface area contributed by atoms with E-state index in [1.54, 1.807) is 54.7 Å². The SMILES string of the molecule is COCOCC1=C(/C=C/C(C(=O)OC(C)(C)C)C(=O)OC(C)(C)C)C(C)(C)CCC1. The van der Waals surface area contributed by atoms with Crippen molar-refractivity contribution in [3.8, 4) is 0 Å². The third-order valence-corrected chi connectivity index (χ3v) is 4.64. The molecule has 0 aromatic rings. The summed E-state index contributed by atoms with van der Waals surface area (Å²) >= 11 is 0. The molecule has 0 amide bonds. The Bertz CT molecular complexity index is 630. The molecular weight excluding hydrogens is 384 g/mol. The number of ether oxygens (including phenoxy) is 4. The molecule has 1 aliphatic rings. The average molecular weight is 425 g/mol. The van der Waals surface area contributed by atoms with E-state index in [1.807, 2.05) is 6.08 Å². The van der Waals surface area contributed by atoms with Gasteiger partial charge in [0.05, 0.1) is 6.61 Å². The highest BCUT2D eigenvalue weighted by Crippen LogP contribution is 2.41. The summed E-state index contributed by atoms with van der Waals surface area (Å²) in [7, 11) is 1.59. The predicted molar refractivity (Wildman–Crippen MR) is 117 cm³/mol. The maximum atomic E-state index is 12.8. The normalized spacial score (nSPS) is 17.5. The summed E-state index contributed by atoms with van der Waals surface area (Å²) in [6, 6.07) is 0. The Hall–Kier alpha value is -1.66. The molecule has 6 nitrogen and oxygen atoms in total. The van der Waals surface area contributed by atoms with Crippen LogP contribution >= 0.6 is 0 Å². The van der Waals surface area contributed by atoms with Crippen LogP contribution in [-0.4, -0.2) is 43.7 Å². The van der Waals surface area contributed by atoms with E-state index >= 15 is 0 Å². The third-order valence-electron chi connectivity index (χ3n) is 4.64. The van der Waals surface area contributed by atoms with Crippen molar-refractivity contribution in [3.63, 3.8) is 0 Å². The van der Waals surface area contributed by atoms with E-state index in [4.69, 9.17) is 18.9 Å². The Kier molecular flexibility index (Phi) is 9.30.